The van der Waals surface area contributed by atoms with Crippen LogP contribution in [0.5, 0.6) is 0 Å². The van der Waals surface area contributed by atoms with Gasteiger partial charge in [0.25, 0.3) is 0 Å². The average Bonchev–Trinajstić information content (AvgIpc) is 2.99. The van der Waals surface area contributed by atoms with E-state index in [2.05, 4.69) is 102 Å². The van der Waals surface area contributed by atoms with E-state index in [4.69, 9.17) is 10.8 Å². The highest BCUT2D eigenvalue weighted by molar-refractivity contribution is 8.76. The van der Waals surface area contributed by atoms with Gasteiger partial charge in [0.2, 0.25) is 11.8 Å². The third-order valence-corrected chi connectivity index (χ3v) is 13.2. The summed E-state index contributed by atoms with van der Waals surface area (Å²) in [6.07, 6.45) is 4.02. The molecule has 0 heterocycles. The second-order valence-corrected chi connectivity index (χ2v) is 15.3. The Bertz CT molecular complexity index is 1110. The van der Waals surface area contributed by atoms with Gasteiger partial charge in [0.05, 0.1) is 18.0 Å². The van der Waals surface area contributed by atoms with E-state index in [0.29, 0.717) is 12.3 Å². The fourth-order valence-corrected chi connectivity index (χ4v) is 10.8. The van der Waals surface area contributed by atoms with Crippen molar-refractivity contribution in [1.82, 2.24) is 10.6 Å². The Morgan fingerprint density at radius 2 is 1.27 bits per heavy atom. The predicted octanol–water partition coefficient (Wildman–Crippen LogP) is 3.18. The summed E-state index contributed by atoms with van der Waals surface area (Å²) >= 11 is 0. The summed E-state index contributed by atoms with van der Waals surface area (Å²) in [5.74, 6) is -1.14. The Labute approximate surface area is 244 Å². The molecule has 212 valence electrons. The fourth-order valence-electron chi connectivity index (χ4n) is 4.40. The summed E-state index contributed by atoms with van der Waals surface area (Å²) in [5, 5.41) is 18.0. The van der Waals surface area contributed by atoms with E-state index in [9.17, 15) is 14.4 Å². The van der Waals surface area contributed by atoms with Crippen molar-refractivity contribution in [3.05, 3.63) is 91.0 Å². The van der Waals surface area contributed by atoms with Gasteiger partial charge in [-0.1, -0.05) is 76.2 Å². The lowest BCUT2D eigenvalue weighted by atomic mass is 10.2. The number of hydrogen-bond acceptors (Lipinski definition) is 6. The van der Waals surface area contributed by atoms with Crippen LogP contribution in [0.4, 0.5) is 0 Å². The second kappa shape index (κ2) is 17.1. The maximum Gasteiger partial charge on any atom is 0.322 e. The van der Waals surface area contributed by atoms with Crippen LogP contribution in [0, 0.1) is 0 Å². The van der Waals surface area contributed by atoms with Crippen molar-refractivity contribution < 1.29 is 19.5 Å². The van der Waals surface area contributed by atoms with Crippen molar-refractivity contribution in [2.45, 2.75) is 25.3 Å². The van der Waals surface area contributed by atoms with E-state index in [1.54, 1.807) is 0 Å². The molecule has 0 saturated heterocycles. The van der Waals surface area contributed by atoms with Crippen LogP contribution in [0.15, 0.2) is 91.0 Å². The SMILES string of the molecule is NC(CSSCC(=O)NCCCCC[P+](c1ccccc1)(c1ccccc1)c1ccccc1)C(=O)NCC(=O)O. The Kier molecular flexibility index (Phi) is 13.5. The van der Waals surface area contributed by atoms with Crippen molar-refractivity contribution in [3.63, 3.8) is 0 Å². The van der Waals surface area contributed by atoms with Crippen LogP contribution in [-0.4, -0.2) is 59.7 Å². The highest BCUT2D eigenvalue weighted by Crippen LogP contribution is 2.55. The normalized spacial score (nSPS) is 11.9. The molecule has 3 aromatic rings. The zero-order valence-electron chi connectivity index (χ0n) is 22.4. The molecule has 0 spiro atoms. The van der Waals surface area contributed by atoms with Gasteiger partial charge in [0.15, 0.2) is 0 Å². The zero-order valence-corrected chi connectivity index (χ0v) is 24.9. The monoisotopic (exact) mass is 598 g/mol. The van der Waals surface area contributed by atoms with E-state index >= 15 is 0 Å². The number of carbonyl (C=O) groups excluding carboxylic acids is 2. The number of unbranched alkanes of at least 4 members (excludes halogenated alkanes) is 2. The molecule has 2 amide bonds. The molecular formula is C30H37N3O4PS2+. The lowest BCUT2D eigenvalue weighted by Crippen LogP contribution is -2.43. The van der Waals surface area contributed by atoms with Gasteiger partial charge in [-0.3, -0.25) is 14.4 Å². The lowest BCUT2D eigenvalue weighted by Gasteiger charge is -2.27. The van der Waals surface area contributed by atoms with Gasteiger partial charge >= 0.3 is 5.97 Å². The highest BCUT2D eigenvalue weighted by Gasteiger charge is 2.44. The fraction of sp³-hybridized carbons (Fsp3) is 0.300. The van der Waals surface area contributed by atoms with Gasteiger partial charge in [-0.2, -0.15) is 0 Å². The molecule has 3 rings (SSSR count). The average molecular weight is 599 g/mol. The maximum atomic E-state index is 12.2. The molecular weight excluding hydrogens is 561 g/mol. The van der Waals surface area contributed by atoms with Crippen LogP contribution in [-0.2, 0) is 14.4 Å². The summed E-state index contributed by atoms with van der Waals surface area (Å²) in [5.41, 5.74) is 5.75. The van der Waals surface area contributed by atoms with Crippen LogP contribution in [0.1, 0.15) is 19.3 Å². The Hall–Kier alpha value is -2.84. The molecule has 0 aromatic heterocycles. The Balaban J connectivity index is 1.46. The van der Waals surface area contributed by atoms with E-state index < -0.39 is 31.7 Å². The van der Waals surface area contributed by atoms with Crippen LogP contribution in [0.25, 0.3) is 0 Å². The van der Waals surface area contributed by atoms with Crippen LogP contribution >= 0.6 is 28.9 Å². The van der Waals surface area contributed by atoms with Crippen molar-refractivity contribution in [3.8, 4) is 0 Å². The molecule has 0 aliphatic rings. The van der Waals surface area contributed by atoms with Gasteiger partial charge in [0.1, 0.15) is 29.7 Å². The third kappa shape index (κ3) is 9.66. The molecule has 0 aliphatic carbocycles. The number of amides is 2. The maximum absolute atomic E-state index is 12.2. The number of nitrogens with one attached hydrogen (secondary N) is 2. The first kappa shape index (κ1) is 31.7. The number of carbonyl (C=O) groups is 3. The molecule has 10 heteroatoms. The van der Waals surface area contributed by atoms with Gasteiger partial charge in [-0.05, 0) is 55.7 Å². The van der Waals surface area contributed by atoms with Crippen molar-refractivity contribution in [1.29, 1.82) is 0 Å². The zero-order chi connectivity index (χ0) is 28.6. The standard InChI is InChI=1S/C30H36N3O4PS2/c31-27(30(37)33-21-29(35)36)22-39-40-23-28(34)32-19-11-4-12-20-38(24-13-5-1-6-14-24,25-15-7-2-8-16-25)26-17-9-3-10-18-26/h1-3,5-10,13-18,27H,4,11-12,19-23,31H2,(H2-,32,33,34,35,36,37)/p+1. The van der Waals surface area contributed by atoms with E-state index in [1.807, 2.05) is 0 Å². The number of nitrogens with two attached hydrogens (primary N) is 1. The summed E-state index contributed by atoms with van der Waals surface area (Å²) in [4.78, 5) is 34.5. The van der Waals surface area contributed by atoms with E-state index in [-0.39, 0.29) is 11.7 Å². The molecule has 3 aromatic carbocycles. The molecule has 7 nitrogen and oxygen atoms in total. The van der Waals surface area contributed by atoms with Crippen molar-refractivity contribution in [2.75, 3.05) is 30.8 Å². The number of aliphatic carboxylic acids is 1. The molecule has 0 fully saturated rings. The van der Waals surface area contributed by atoms with Crippen molar-refractivity contribution in [2.24, 2.45) is 5.73 Å². The highest BCUT2D eigenvalue weighted by atomic mass is 33.1. The first-order valence-corrected chi connectivity index (χ1v) is 17.7. The minimum Gasteiger partial charge on any atom is -0.480 e. The molecule has 0 saturated carbocycles. The summed E-state index contributed by atoms with van der Waals surface area (Å²) in [7, 11) is 0.826. The predicted molar refractivity (Wildman–Crippen MR) is 170 cm³/mol. The Morgan fingerprint density at radius 3 is 1.77 bits per heavy atom. The van der Waals surface area contributed by atoms with Crippen molar-refractivity contribution >= 4 is 62.5 Å². The van der Waals surface area contributed by atoms with Crippen LogP contribution in [0.3, 0.4) is 0 Å². The molecule has 40 heavy (non-hydrogen) atoms. The number of carboxylic acids is 1. The minimum atomic E-state index is -1.83. The largest absolute Gasteiger partial charge is 0.480 e. The van der Waals surface area contributed by atoms with Gasteiger partial charge < -0.3 is 21.5 Å². The molecule has 1 atom stereocenters. The third-order valence-electron chi connectivity index (χ3n) is 6.35. The summed E-state index contributed by atoms with van der Waals surface area (Å²) in [6.45, 7) is 0.162. The smallest absolute Gasteiger partial charge is 0.322 e. The number of hydrogen-bond donors (Lipinski definition) is 4. The van der Waals surface area contributed by atoms with E-state index in [1.165, 1.54) is 37.5 Å². The number of rotatable bonds is 17. The Morgan fingerprint density at radius 1 is 0.750 bits per heavy atom. The van der Waals surface area contributed by atoms with Gasteiger partial charge in [-0.15, -0.1) is 0 Å². The van der Waals surface area contributed by atoms with Crippen LogP contribution < -0.4 is 32.3 Å². The number of benzene rings is 3. The molecule has 0 radical (unpaired) electrons. The molecule has 0 bridgehead atoms. The lowest BCUT2D eigenvalue weighted by molar-refractivity contribution is -0.138. The quantitative estimate of drug-likeness (QED) is 0.107. The second-order valence-electron chi connectivity index (χ2n) is 9.22. The molecule has 5 N–H and O–H groups in total. The van der Waals surface area contributed by atoms with Gasteiger partial charge in [0, 0.05) is 12.3 Å². The minimum absolute atomic E-state index is 0.0545. The van der Waals surface area contributed by atoms with E-state index in [0.717, 1.165) is 25.4 Å². The van der Waals surface area contributed by atoms with Crippen LogP contribution in [0.2, 0.25) is 0 Å². The number of carboxylic acid groups (broad SMARTS) is 1. The van der Waals surface area contributed by atoms with Gasteiger partial charge in [-0.25, -0.2) is 0 Å². The first-order chi connectivity index (χ1) is 19.4. The summed E-state index contributed by atoms with van der Waals surface area (Å²) in [6, 6.07) is 31.7. The molecule has 0 aliphatic heterocycles. The summed E-state index contributed by atoms with van der Waals surface area (Å²) < 4.78 is 0. The molecule has 1 unspecified atom stereocenters. The first-order valence-electron chi connectivity index (χ1n) is 13.2. The topological polar surface area (TPSA) is 122 Å².